The molecule has 3 heterocycles. The van der Waals surface area contributed by atoms with E-state index in [1.54, 1.807) is 6.20 Å². The molecule has 3 nitrogen and oxygen atoms in total. The van der Waals surface area contributed by atoms with Crippen molar-refractivity contribution in [3.8, 4) is 11.3 Å². The van der Waals surface area contributed by atoms with E-state index in [4.69, 9.17) is 9.40 Å². The second kappa shape index (κ2) is 5.90. The molecule has 3 heteroatoms. The molecule has 0 unspecified atom stereocenters. The summed E-state index contributed by atoms with van der Waals surface area (Å²) in [5, 5.41) is 3.52. The van der Waals surface area contributed by atoms with Gasteiger partial charge in [0.25, 0.3) is 0 Å². The van der Waals surface area contributed by atoms with E-state index in [1.807, 2.05) is 19.1 Å². The molecule has 0 radical (unpaired) electrons. The van der Waals surface area contributed by atoms with Gasteiger partial charge in [0.2, 0.25) is 0 Å². The molecule has 138 valence electrons. The zero-order chi connectivity index (χ0) is 19.5. The molecular formula is C25H22N2O. The van der Waals surface area contributed by atoms with Crippen LogP contribution in [0, 0.1) is 6.92 Å². The molecule has 5 rings (SSSR count). The second-order valence-electron chi connectivity index (χ2n) is 8.43. The minimum atomic E-state index is 0.0201. The van der Waals surface area contributed by atoms with Crippen molar-refractivity contribution in [1.29, 1.82) is 0 Å². The summed E-state index contributed by atoms with van der Waals surface area (Å²) in [6.07, 6.45) is 1.80. The summed E-state index contributed by atoms with van der Waals surface area (Å²) in [6, 6.07) is 19.0. The number of nitrogens with zero attached hydrogens (tertiary/aromatic N) is 2. The third-order valence-corrected chi connectivity index (χ3v) is 5.29. The summed E-state index contributed by atoms with van der Waals surface area (Å²) in [7, 11) is 0. The van der Waals surface area contributed by atoms with Gasteiger partial charge >= 0.3 is 0 Å². The topological polar surface area (TPSA) is 38.9 Å². The predicted octanol–water partition coefficient (Wildman–Crippen LogP) is 6.80. The van der Waals surface area contributed by atoms with E-state index in [9.17, 15) is 0 Å². The number of furan rings is 1. The molecular weight excluding hydrogens is 344 g/mol. The molecule has 0 aliphatic carbocycles. The maximum Gasteiger partial charge on any atom is 0.162 e. The highest BCUT2D eigenvalue weighted by Crippen LogP contribution is 2.38. The fourth-order valence-corrected chi connectivity index (χ4v) is 4.00. The Hall–Kier alpha value is -3.20. The monoisotopic (exact) mass is 366 g/mol. The van der Waals surface area contributed by atoms with E-state index in [1.165, 1.54) is 16.3 Å². The van der Waals surface area contributed by atoms with Crippen LogP contribution in [-0.4, -0.2) is 9.97 Å². The minimum absolute atomic E-state index is 0.0201. The molecule has 0 aliphatic rings. The molecule has 3 aromatic heterocycles. The molecule has 0 fully saturated rings. The Labute approximate surface area is 164 Å². The number of hydrogen-bond acceptors (Lipinski definition) is 3. The van der Waals surface area contributed by atoms with Gasteiger partial charge in [-0.25, -0.2) is 4.98 Å². The van der Waals surface area contributed by atoms with E-state index in [0.717, 1.165) is 39.0 Å². The van der Waals surface area contributed by atoms with Crippen molar-refractivity contribution < 1.29 is 4.42 Å². The average molecular weight is 366 g/mol. The Morgan fingerprint density at radius 2 is 1.71 bits per heavy atom. The van der Waals surface area contributed by atoms with Crippen LogP contribution < -0.4 is 0 Å². The van der Waals surface area contributed by atoms with Gasteiger partial charge in [0, 0.05) is 11.8 Å². The highest BCUT2D eigenvalue weighted by molar-refractivity contribution is 6.07. The largest absolute Gasteiger partial charge is 0.459 e. The van der Waals surface area contributed by atoms with E-state index in [-0.39, 0.29) is 5.41 Å². The van der Waals surface area contributed by atoms with Gasteiger partial charge in [0.1, 0.15) is 11.5 Å². The third kappa shape index (κ3) is 2.58. The van der Waals surface area contributed by atoms with Crippen molar-refractivity contribution in [3.05, 3.63) is 72.1 Å². The Bertz CT molecular complexity index is 1360. The second-order valence-corrected chi connectivity index (χ2v) is 8.43. The summed E-state index contributed by atoms with van der Waals surface area (Å²) in [6.45, 7) is 8.73. The van der Waals surface area contributed by atoms with Crippen LogP contribution >= 0.6 is 0 Å². The van der Waals surface area contributed by atoms with Gasteiger partial charge < -0.3 is 4.42 Å². The van der Waals surface area contributed by atoms with Crippen LogP contribution in [0.5, 0.6) is 0 Å². The molecule has 0 atom stereocenters. The van der Waals surface area contributed by atoms with Gasteiger partial charge in [0.15, 0.2) is 5.58 Å². The van der Waals surface area contributed by atoms with E-state index in [2.05, 4.69) is 68.2 Å². The highest BCUT2D eigenvalue weighted by atomic mass is 16.3. The van der Waals surface area contributed by atoms with Crippen LogP contribution in [0.1, 0.15) is 32.1 Å². The molecule has 0 aliphatic heterocycles. The fraction of sp³-hybridized carbons (Fsp3) is 0.200. The number of aryl methyl sites for hydroxylation is 1. The van der Waals surface area contributed by atoms with Gasteiger partial charge in [-0.3, -0.25) is 4.98 Å². The third-order valence-electron chi connectivity index (χ3n) is 5.29. The van der Waals surface area contributed by atoms with Gasteiger partial charge in [-0.05, 0) is 59.0 Å². The van der Waals surface area contributed by atoms with Crippen LogP contribution in [0.4, 0.5) is 0 Å². The Balaban J connectivity index is 1.91. The number of rotatable bonds is 1. The normalized spacial score (nSPS) is 12.3. The number of hydrogen-bond donors (Lipinski definition) is 0. The molecule has 28 heavy (non-hydrogen) atoms. The van der Waals surface area contributed by atoms with Gasteiger partial charge in [-0.15, -0.1) is 0 Å². The van der Waals surface area contributed by atoms with Gasteiger partial charge in [-0.1, -0.05) is 45.0 Å². The van der Waals surface area contributed by atoms with Crippen molar-refractivity contribution in [2.24, 2.45) is 0 Å². The Morgan fingerprint density at radius 1 is 0.893 bits per heavy atom. The van der Waals surface area contributed by atoms with Gasteiger partial charge in [0.05, 0.1) is 16.4 Å². The lowest BCUT2D eigenvalue weighted by atomic mass is 9.82. The van der Waals surface area contributed by atoms with Crippen molar-refractivity contribution in [2.75, 3.05) is 0 Å². The summed E-state index contributed by atoms with van der Waals surface area (Å²) >= 11 is 0. The first-order valence-corrected chi connectivity index (χ1v) is 9.60. The smallest absolute Gasteiger partial charge is 0.162 e. The van der Waals surface area contributed by atoms with Crippen LogP contribution in [0.2, 0.25) is 0 Å². The summed E-state index contributed by atoms with van der Waals surface area (Å²) in [5.41, 5.74) is 5.86. The maximum atomic E-state index is 6.10. The minimum Gasteiger partial charge on any atom is -0.459 e. The average Bonchev–Trinajstić information content (AvgIpc) is 3.07. The van der Waals surface area contributed by atoms with Crippen molar-refractivity contribution >= 4 is 32.8 Å². The summed E-state index contributed by atoms with van der Waals surface area (Å²) < 4.78 is 6.10. The first-order chi connectivity index (χ1) is 13.4. The molecule has 0 saturated carbocycles. The Morgan fingerprint density at radius 3 is 2.54 bits per heavy atom. The molecule has 0 bridgehead atoms. The quantitative estimate of drug-likeness (QED) is 0.327. The standard InChI is InChI=1S/C25H22N2O/c1-15-12-19-23-21(10-7-11-26-23)27-22(24(19)28-15)17-13-16-8-5-6-9-18(16)20(14-17)25(2,3)4/h5-14H,1-4H3. The SMILES string of the molecule is Cc1cc2c(o1)c(-c1cc(C(C)(C)C)c3ccccc3c1)nc1cccnc12. The number of fused-ring (bicyclic) bond motifs is 4. The number of aromatic nitrogens is 2. The van der Waals surface area contributed by atoms with E-state index >= 15 is 0 Å². The van der Waals surface area contributed by atoms with Crippen molar-refractivity contribution in [1.82, 2.24) is 9.97 Å². The van der Waals surface area contributed by atoms with Crippen LogP contribution in [0.25, 0.3) is 44.0 Å². The zero-order valence-electron chi connectivity index (χ0n) is 16.6. The molecule has 0 saturated heterocycles. The maximum absolute atomic E-state index is 6.10. The molecule has 0 N–H and O–H groups in total. The fourth-order valence-electron chi connectivity index (χ4n) is 4.00. The zero-order valence-corrected chi connectivity index (χ0v) is 16.6. The van der Waals surface area contributed by atoms with Crippen LogP contribution in [0.15, 0.2) is 65.2 Å². The number of benzene rings is 2. The summed E-state index contributed by atoms with van der Waals surface area (Å²) in [5.74, 6) is 0.869. The Kier molecular flexibility index (Phi) is 3.57. The van der Waals surface area contributed by atoms with Crippen LogP contribution in [0.3, 0.4) is 0 Å². The molecule has 0 amide bonds. The van der Waals surface area contributed by atoms with Crippen molar-refractivity contribution in [2.45, 2.75) is 33.1 Å². The van der Waals surface area contributed by atoms with E-state index in [0.29, 0.717) is 0 Å². The lowest BCUT2D eigenvalue weighted by Crippen LogP contribution is -2.12. The molecule has 0 spiro atoms. The first-order valence-electron chi connectivity index (χ1n) is 9.60. The van der Waals surface area contributed by atoms with Gasteiger partial charge in [-0.2, -0.15) is 0 Å². The molecule has 5 aromatic rings. The molecule has 2 aromatic carbocycles. The highest BCUT2D eigenvalue weighted by Gasteiger charge is 2.21. The first kappa shape index (κ1) is 16.9. The lowest BCUT2D eigenvalue weighted by Gasteiger charge is -2.22. The summed E-state index contributed by atoms with van der Waals surface area (Å²) in [4.78, 5) is 9.50. The van der Waals surface area contributed by atoms with Crippen molar-refractivity contribution in [3.63, 3.8) is 0 Å². The van der Waals surface area contributed by atoms with Crippen LogP contribution in [-0.2, 0) is 5.41 Å². The number of pyridine rings is 2. The van der Waals surface area contributed by atoms with E-state index < -0.39 is 0 Å². The lowest BCUT2D eigenvalue weighted by molar-refractivity contribution is 0.578. The predicted molar refractivity (Wildman–Crippen MR) is 116 cm³/mol.